The van der Waals surface area contributed by atoms with Crippen LogP contribution < -0.4 is 4.90 Å². The van der Waals surface area contributed by atoms with Crippen LogP contribution in [0.15, 0.2) is 30.3 Å². The van der Waals surface area contributed by atoms with E-state index in [0.717, 1.165) is 48.6 Å². The van der Waals surface area contributed by atoms with Crippen LogP contribution in [-0.4, -0.2) is 46.7 Å². The number of aryl methyl sites for hydroxylation is 1. The van der Waals surface area contributed by atoms with Gasteiger partial charge in [0.1, 0.15) is 5.82 Å². The van der Waals surface area contributed by atoms with E-state index < -0.39 is 0 Å². The van der Waals surface area contributed by atoms with Gasteiger partial charge in [0.2, 0.25) is 5.91 Å². The first-order chi connectivity index (χ1) is 13.0. The highest BCUT2D eigenvalue weighted by Crippen LogP contribution is 2.41. The highest BCUT2D eigenvalue weighted by Gasteiger charge is 2.29. The van der Waals surface area contributed by atoms with Gasteiger partial charge in [-0.25, -0.2) is 4.39 Å². The fourth-order valence-corrected chi connectivity index (χ4v) is 3.78. The smallest absolute Gasteiger partial charge is 0.227 e. The molecule has 2 aliphatic rings. The first-order valence-corrected chi connectivity index (χ1v) is 9.64. The Hall–Kier alpha value is -2.50. The van der Waals surface area contributed by atoms with Gasteiger partial charge in [-0.15, -0.1) is 5.10 Å². The Kier molecular flexibility index (Phi) is 4.81. The Morgan fingerprint density at radius 1 is 1.19 bits per heavy atom. The van der Waals surface area contributed by atoms with Crippen molar-refractivity contribution in [2.45, 2.75) is 45.1 Å². The first-order valence-electron chi connectivity index (χ1n) is 9.64. The molecule has 1 saturated carbocycles. The quantitative estimate of drug-likeness (QED) is 0.832. The van der Waals surface area contributed by atoms with Gasteiger partial charge in [-0.3, -0.25) is 4.79 Å². The molecule has 0 unspecified atom stereocenters. The summed E-state index contributed by atoms with van der Waals surface area (Å²) >= 11 is 0. The molecule has 142 valence electrons. The second-order valence-corrected chi connectivity index (χ2v) is 7.72. The average Bonchev–Trinajstić information content (AvgIpc) is 3.47. The van der Waals surface area contributed by atoms with E-state index in [1.54, 1.807) is 0 Å². The largest absolute Gasteiger partial charge is 0.351 e. The molecular weight excluding hydrogens is 343 g/mol. The van der Waals surface area contributed by atoms with Crippen molar-refractivity contribution >= 4 is 11.7 Å². The molecule has 1 atom stereocenters. The highest BCUT2D eigenvalue weighted by atomic mass is 19.1. The number of anilines is 1. The Labute approximate surface area is 159 Å². The van der Waals surface area contributed by atoms with E-state index in [4.69, 9.17) is 0 Å². The summed E-state index contributed by atoms with van der Waals surface area (Å²) in [4.78, 5) is 16.8. The van der Waals surface area contributed by atoms with Crippen molar-refractivity contribution in [2.24, 2.45) is 0 Å². The molecule has 4 rings (SSSR count). The molecule has 0 N–H and O–H groups in total. The summed E-state index contributed by atoms with van der Waals surface area (Å²) in [6.07, 6.45) is 2.39. The van der Waals surface area contributed by atoms with Crippen LogP contribution in [0.4, 0.5) is 10.2 Å². The SMILES string of the molecule is Cc1ccc(N2CCN(C(=O)Cc3ccc(C4CC4)c(F)c3)[C@H](C)C2)nn1. The van der Waals surface area contributed by atoms with E-state index in [1.807, 2.05) is 43.0 Å². The molecule has 2 heterocycles. The number of rotatable bonds is 4. The van der Waals surface area contributed by atoms with Gasteiger partial charge in [0, 0.05) is 25.7 Å². The van der Waals surface area contributed by atoms with Crippen molar-refractivity contribution in [3.63, 3.8) is 0 Å². The van der Waals surface area contributed by atoms with Crippen LogP contribution in [0.2, 0.25) is 0 Å². The van der Waals surface area contributed by atoms with Crippen molar-refractivity contribution in [2.75, 3.05) is 24.5 Å². The predicted molar refractivity (Wildman–Crippen MR) is 102 cm³/mol. The van der Waals surface area contributed by atoms with Gasteiger partial charge in [0.25, 0.3) is 0 Å². The van der Waals surface area contributed by atoms with Gasteiger partial charge in [-0.2, -0.15) is 5.10 Å². The Bertz CT molecular complexity index is 835. The maximum atomic E-state index is 14.2. The fraction of sp³-hybridized carbons (Fsp3) is 0.476. The number of hydrogen-bond donors (Lipinski definition) is 0. The van der Waals surface area contributed by atoms with Crippen molar-refractivity contribution in [1.82, 2.24) is 15.1 Å². The third-order valence-corrected chi connectivity index (χ3v) is 5.49. The summed E-state index contributed by atoms with van der Waals surface area (Å²) in [6.45, 7) is 6.04. The summed E-state index contributed by atoms with van der Waals surface area (Å²) < 4.78 is 14.2. The van der Waals surface area contributed by atoms with E-state index in [9.17, 15) is 9.18 Å². The zero-order valence-electron chi connectivity index (χ0n) is 15.9. The standard InChI is InChI=1S/C21H25FN4O/c1-14-3-8-20(24-23-14)25-9-10-26(15(2)13-25)21(27)12-16-4-7-18(17-5-6-17)19(22)11-16/h3-4,7-8,11,15,17H,5-6,9-10,12-13H2,1-2H3/t15-/m1/s1. The summed E-state index contributed by atoms with van der Waals surface area (Å²) in [6, 6.07) is 9.28. The monoisotopic (exact) mass is 368 g/mol. The van der Waals surface area contributed by atoms with Crippen LogP contribution in [0.5, 0.6) is 0 Å². The lowest BCUT2D eigenvalue weighted by Crippen LogP contribution is -2.54. The number of hydrogen-bond acceptors (Lipinski definition) is 4. The van der Waals surface area contributed by atoms with E-state index in [2.05, 4.69) is 15.1 Å². The second kappa shape index (κ2) is 7.25. The van der Waals surface area contributed by atoms with Gasteiger partial charge >= 0.3 is 0 Å². The number of amides is 1. The molecule has 6 heteroatoms. The minimum absolute atomic E-state index is 0.0516. The van der Waals surface area contributed by atoms with Gasteiger partial charge in [-0.05, 0) is 61.9 Å². The number of benzene rings is 1. The maximum Gasteiger partial charge on any atom is 0.227 e. The molecule has 27 heavy (non-hydrogen) atoms. The van der Waals surface area contributed by atoms with Crippen LogP contribution in [0.1, 0.15) is 42.5 Å². The van der Waals surface area contributed by atoms with Crippen molar-refractivity contribution in [1.29, 1.82) is 0 Å². The van der Waals surface area contributed by atoms with Gasteiger partial charge in [0.15, 0.2) is 5.82 Å². The molecule has 2 fully saturated rings. The van der Waals surface area contributed by atoms with Crippen molar-refractivity contribution < 1.29 is 9.18 Å². The van der Waals surface area contributed by atoms with E-state index >= 15 is 0 Å². The second-order valence-electron chi connectivity index (χ2n) is 7.72. The van der Waals surface area contributed by atoms with Crippen LogP contribution in [0.3, 0.4) is 0 Å². The molecule has 5 nitrogen and oxygen atoms in total. The topological polar surface area (TPSA) is 49.3 Å². The number of nitrogens with zero attached hydrogens (tertiary/aromatic N) is 4. The molecule has 0 spiro atoms. The molecule has 1 amide bonds. The van der Waals surface area contributed by atoms with E-state index in [1.165, 1.54) is 6.07 Å². The highest BCUT2D eigenvalue weighted by molar-refractivity contribution is 5.79. The third kappa shape index (κ3) is 3.94. The zero-order valence-corrected chi connectivity index (χ0v) is 15.9. The molecule has 0 bridgehead atoms. The number of piperazine rings is 1. The summed E-state index contributed by atoms with van der Waals surface area (Å²) in [5.74, 6) is 1.11. The zero-order chi connectivity index (χ0) is 19.0. The third-order valence-electron chi connectivity index (χ3n) is 5.49. The predicted octanol–water partition coefficient (Wildman–Crippen LogP) is 3.08. The lowest BCUT2D eigenvalue weighted by atomic mass is 10.0. The fourth-order valence-electron chi connectivity index (χ4n) is 3.78. The molecule has 1 saturated heterocycles. The number of carbonyl (C=O) groups excluding carboxylic acids is 1. The van der Waals surface area contributed by atoms with Gasteiger partial charge in [-0.1, -0.05) is 12.1 Å². The first kappa shape index (κ1) is 17.9. The summed E-state index contributed by atoms with van der Waals surface area (Å²) in [5.41, 5.74) is 2.44. The molecule has 1 aromatic carbocycles. The maximum absolute atomic E-state index is 14.2. The molecule has 1 aliphatic carbocycles. The van der Waals surface area contributed by atoms with Crippen LogP contribution >= 0.6 is 0 Å². The lowest BCUT2D eigenvalue weighted by Gasteiger charge is -2.40. The molecular formula is C21H25FN4O. The normalized spacial score (nSPS) is 20.0. The number of halogens is 1. The number of carbonyl (C=O) groups is 1. The summed E-state index contributed by atoms with van der Waals surface area (Å²) in [7, 11) is 0. The van der Waals surface area contributed by atoms with E-state index in [0.29, 0.717) is 12.5 Å². The van der Waals surface area contributed by atoms with Crippen LogP contribution in [-0.2, 0) is 11.2 Å². The van der Waals surface area contributed by atoms with E-state index in [-0.39, 0.29) is 24.2 Å². The van der Waals surface area contributed by atoms with Crippen LogP contribution in [0.25, 0.3) is 0 Å². The molecule has 2 aromatic rings. The minimum atomic E-state index is -0.168. The van der Waals surface area contributed by atoms with Gasteiger partial charge in [0.05, 0.1) is 12.1 Å². The van der Waals surface area contributed by atoms with Crippen molar-refractivity contribution in [3.05, 3.63) is 53.0 Å². The lowest BCUT2D eigenvalue weighted by molar-refractivity contribution is -0.132. The average molecular weight is 368 g/mol. The van der Waals surface area contributed by atoms with Crippen molar-refractivity contribution in [3.8, 4) is 0 Å². The summed E-state index contributed by atoms with van der Waals surface area (Å²) in [5, 5.41) is 8.36. The van der Waals surface area contributed by atoms with Gasteiger partial charge < -0.3 is 9.80 Å². The minimum Gasteiger partial charge on any atom is -0.351 e. The number of aromatic nitrogens is 2. The molecule has 0 radical (unpaired) electrons. The Morgan fingerprint density at radius 3 is 2.63 bits per heavy atom. The Morgan fingerprint density at radius 2 is 2.00 bits per heavy atom. The van der Waals surface area contributed by atoms with Crippen LogP contribution in [0, 0.1) is 12.7 Å². The molecule has 1 aromatic heterocycles. The molecule has 1 aliphatic heterocycles. The Balaban J connectivity index is 1.38.